The number of nitrogens with zero attached hydrogens (tertiary/aromatic N) is 1. The molecular formula is C13H22N2O4. The quantitative estimate of drug-likeness (QED) is 0.780. The predicted molar refractivity (Wildman–Crippen MR) is 69.4 cm³/mol. The van der Waals surface area contributed by atoms with E-state index in [0.29, 0.717) is 13.0 Å². The van der Waals surface area contributed by atoms with Crippen molar-refractivity contribution in [1.29, 1.82) is 0 Å². The van der Waals surface area contributed by atoms with Crippen molar-refractivity contribution in [2.75, 3.05) is 19.6 Å². The zero-order valence-corrected chi connectivity index (χ0v) is 11.9. The summed E-state index contributed by atoms with van der Waals surface area (Å²) in [5.41, 5.74) is -1.41. The summed E-state index contributed by atoms with van der Waals surface area (Å²) in [6.07, 6.45) is 0.446. The minimum Gasteiger partial charge on any atom is -0.481 e. The molecule has 0 saturated carbocycles. The van der Waals surface area contributed by atoms with Gasteiger partial charge in [0.05, 0.1) is 12.0 Å². The first kappa shape index (κ1) is 15.5. The van der Waals surface area contributed by atoms with Crippen molar-refractivity contribution in [1.82, 2.24) is 10.2 Å². The lowest BCUT2D eigenvalue weighted by molar-refractivity contribution is -0.147. The maximum Gasteiger partial charge on any atom is 0.311 e. The highest BCUT2D eigenvalue weighted by molar-refractivity contribution is 5.88. The van der Waals surface area contributed by atoms with Crippen LogP contribution in [0.1, 0.15) is 34.1 Å². The molecule has 1 heterocycles. The molecule has 0 aliphatic carbocycles. The maximum absolute atomic E-state index is 11.9. The van der Waals surface area contributed by atoms with E-state index in [1.807, 2.05) is 0 Å². The van der Waals surface area contributed by atoms with Gasteiger partial charge in [-0.15, -0.1) is 0 Å². The highest BCUT2D eigenvalue weighted by Crippen LogP contribution is 2.29. The Balaban J connectivity index is 2.49. The maximum atomic E-state index is 11.9. The van der Waals surface area contributed by atoms with Gasteiger partial charge in [-0.3, -0.25) is 14.4 Å². The van der Waals surface area contributed by atoms with E-state index in [9.17, 15) is 14.4 Å². The molecule has 108 valence electrons. The summed E-state index contributed by atoms with van der Waals surface area (Å²) >= 11 is 0. The van der Waals surface area contributed by atoms with Gasteiger partial charge in [-0.2, -0.15) is 0 Å². The molecule has 6 heteroatoms. The van der Waals surface area contributed by atoms with Crippen LogP contribution in [0.15, 0.2) is 0 Å². The molecule has 2 N–H and O–H groups in total. The number of amides is 2. The molecule has 1 aliphatic heterocycles. The molecule has 19 heavy (non-hydrogen) atoms. The van der Waals surface area contributed by atoms with E-state index in [0.717, 1.165) is 0 Å². The summed E-state index contributed by atoms with van der Waals surface area (Å²) in [4.78, 5) is 36.1. The standard InChI is InChI=1S/C13H22N2O4/c1-12(2,3)10(17)14-7-9(16)15-6-5-13(4,8-15)11(18)19/h5-8H2,1-4H3,(H,14,17)(H,18,19). The third-order valence-electron chi connectivity index (χ3n) is 3.42. The van der Waals surface area contributed by atoms with Crippen molar-refractivity contribution >= 4 is 17.8 Å². The summed E-state index contributed by atoms with van der Waals surface area (Å²) in [5.74, 6) is -1.31. The molecule has 0 spiro atoms. The molecule has 6 nitrogen and oxygen atoms in total. The van der Waals surface area contributed by atoms with Crippen molar-refractivity contribution in [2.24, 2.45) is 10.8 Å². The summed E-state index contributed by atoms with van der Waals surface area (Å²) in [6, 6.07) is 0. The Labute approximate surface area is 113 Å². The number of likely N-dealkylation sites (tertiary alicyclic amines) is 1. The van der Waals surface area contributed by atoms with Crippen LogP contribution in [0.4, 0.5) is 0 Å². The number of carboxylic acid groups (broad SMARTS) is 1. The smallest absolute Gasteiger partial charge is 0.311 e. The fraction of sp³-hybridized carbons (Fsp3) is 0.769. The van der Waals surface area contributed by atoms with Crippen LogP contribution in [-0.4, -0.2) is 47.4 Å². The molecule has 1 atom stereocenters. The van der Waals surface area contributed by atoms with Gasteiger partial charge in [0.25, 0.3) is 0 Å². The zero-order chi connectivity index (χ0) is 14.8. The Hall–Kier alpha value is -1.59. The Morgan fingerprint density at radius 2 is 1.89 bits per heavy atom. The number of carbonyl (C=O) groups excluding carboxylic acids is 2. The van der Waals surface area contributed by atoms with E-state index < -0.39 is 16.8 Å². The largest absolute Gasteiger partial charge is 0.481 e. The average molecular weight is 270 g/mol. The molecule has 0 bridgehead atoms. The predicted octanol–water partition coefficient (Wildman–Crippen LogP) is 0.472. The van der Waals surface area contributed by atoms with Crippen LogP contribution < -0.4 is 5.32 Å². The molecule has 0 aromatic carbocycles. The van der Waals surface area contributed by atoms with E-state index >= 15 is 0 Å². The molecule has 1 aliphatic rings. The molecule has 2 amide bonds. The van der Waals surface area contributed by atoms with Crippen LogP contribution in [0, 0.1) is 10.8 Å². The van der Waals surface area contributed by atoms with Crippen molar-refractivity contribution < 1.29 is 19.5 Å². The highest BCUT2D eigenvalue weighted by atomic mass is 16.4. The Morgan fingerprint density at radius 3 is 2.32 bits per heavy atom. The average Bonchev–Trinajstić information content (AvgIpc) is 2.68. The molecular weight excluding hydrogens is 248 g/mol. The van der Waals surface area contributed by atoms with Gasteiger partial charge in [-0.1, -0.05) is 20.8 Å². The van der Waals surface area contributed by atoms with Gasteiger partial charge in [0.2, 0.25) is 11.8 Å². The number of aliphatic carboxylic acids is 1. The Bertz CT molecular complexity index is 400. The molecule has 1 fully saturated rings. The number of hydrogen-bond acceptors (Lipinski definition) is 3. The van der Waals surface area contributed by atoms with Crippen LogP contribution in [0.25, 0.3) is 0 Å². The van der Waals surface area contributed by atoms with Gasteiger partial charge >= 0.3 is 5.97 Å². The fourth-order valence-electron chi connectivity index (χ4n) is 1.88. The molecule has 1 rings (SSSR count). The van der Waals surface area contributed by atoms with E-state index in [2.05, 4.69) is 5.32 Å². The van der Waals surface area contributed by atoms with Gasteiger partial charge in [-0.25, -0.2) is 0 Å². The fourth-order valence-corrected chi connectivity index (χ4v) is 1.88. The number of hydrogen-bond donors (Lipinski definition) is 2. The first-order valence-corrected chi connectivity index (χ1v) is 6.36. The van der Waals surface area contributed by atoms with Crippen LogP contribution in [0.5, 0.6) is 0 Å². The van der Waals surface area contributed by atoms with Gasteiger partial charge in [0.15, 0.2) is 0 Å². The highest BCUT2D eigenvalue weighted by Gasteiger charge is 2.42. The molecule has 0 radical (unpaired) electrons. The third-order valence-corrected chi connectivity index (χ3v) is 3.42. The number of carbonyl (C=O) groups is 3. The lowest BCUT2D eigenvalue weighted by Crippen LogP contribution is -2.43. The monoisotopic (exact) mass is 270 g/mol. The summed E-state index contributed by atoms with van der Waals surface area (Å²) in [5, 5.41) is 11.7. The zero-order valence-electron chi connectivity index (χ0n) is 11.9. The normalized spacial score (nSPS) is 23.3. The van der Waals surface area contributed by atoms with Gasteiger partial charge in [0.1, 0.15) is 0 Å². The second kappa shape index (κ2) is 5.19. The lowest BCUT2D eigenvalue weighted by atomic mass is 9.90. The molecule has 0 aromatic heterocycles. The molecule has 1 unspecified atom stereocenters. The van der Waals surface area contributed by atoms with Crippen LogP contribution >= 0.6 is 0 Å². The van der Waals surface area contributed by atoms with Gasteiger partial charge < -0.3 is 15.3 Å². The number of rotatable bonds is 3. The van der Waals surface area contributed by atoms with Crippen molar-refractivity contribution in [3.8, 4) is 0 Å². The lowest BCUT2D eigenvalue weighted by Gasteiger charge is -2.22. The Kier molecular flexibility index (Phi) is 4.22. The SMILES string of the molecule is CC(C)(C)C(=O)NCC(=O)N1CCC(C)(C(=O)O)C1. The second-order valence-corrected chi connectivity index (χ2v) is 6.36. The Morgan fingerprint density at radius 1 is 1.32 bits per heavy atom. The number of carboxylic acids is 1. The van der Waals surface area contributed by atoms with E-state index in [-0.39, 0.29) is 24.9 Å². The first-order valence-electron chi connectivity index (χ1n) is 6.36. The second-order valence-electron chi connectivity index (χ2n) is 6.36. The topological polar surface area (TPSA) is 86.7 Å². The number of nitrogens with one attached hydrogen (secondary N) is 1. The van der Waals surface area contributed by atoms with Crippen molar-refractivity contribution in [2.45, 2.75) is 34.1 Å². The van der Waals surface area contributed by atoms with E-state index in [1.54, 1.807) is 27.7 Å². The van der Waals surface area contributed by atoms with Gasteiger partial charge in [-0.05, 0) is 13.3 Å². The van der Waals surface area contributed by atoms with Crippen LogP contribution in [0.3, 0.4) is 0 Å². The summed E-state index contributed by atoms with van der Waals surface area (Å²) in [7, 11) is 0. The first-order chi connectivity index (χ1) is 8.56. The summed E-state index contributed by atoms with van der Waals surface area (Å²) in [6.45, 7) is 7.49. The third kappa shape index (κ3) is 3.68. The van der Waals surface area contributed by atoms with Crippen LogP contribution in [-0.2, 0) is 14.4 Å². The van der Waals surface area contributed by atoms with E-state index in [4.69, 9.17) is 5.11 Å². The summed E-state index contributed by atoms with van der Waals surface area (Å²) < 4.78 is 0. The molecule has 1 saturated heterocycles. The minimum atomic E-state index is -0.887. The van der Waals surface area contributed by atoms with Crippen molar-refractivity contribution in [3.05, 3.63) is 0 Å². The minimum absolute atomic E-state index is 0.0776. The van der Waals surface area contributed by atoms with Gasteiger partial charge in [0, 0.05) is 18.5 Å². The van der Waals surface area contributed by atoms with Crippen molar-refractivity contribution in [3.63, 3.8) is 0 Å². The molecule has 0 aromatic rings. The van der Waals surface area contributed by atoms with E-state index in [1.165, 1.54) is 4.90 Å². The van der Waals surface area contributed by atoms with Crippen LogP contribution in [0.2, 0.25) is 0 Å².